The number of fused-ring (bicyclic) bond motifs is 1. The lowest BCUT2D eigenvalue weighted by molar-refractivity contribution is -0.123. The molecule has 68 valence electrons. The molecule has 0 radical (unpaired) electrons. The van der Waals surface area contributed by atoms with E-state index in [1.165, 1.54) is 12.8 Å². The van der Waals surface area contributed by atoms with Crippen molar-refractivity contribution in [2.24, 2.45) is 0 Å². The fraction of sp³-hybridized carbons (Fsp3) is 0.556. The number of ether oxygens (including phenoxy) is 1. The minimum Gasteiger partial charge on any atom is -0.470 e. The van der Waals surface area contributed by atoms with Gasteiger partial charge < -0.3 is 4.74 Å². The van der Waals surface area contributed by atoms with E-state index in [1.807, 2.05) is 6.07 Å². The van der Waals surface area contributed by atoms with Gasteiger partial charge >= 0.3 is 0 Å². The number of carbonyl (C=O) groups is 1. The Morgan fingerprint density at radius 3 is 3.15 bits per heavy atom. The zero-order valence-corrected chi connectivity index (χ0v) is 7.19. The van der Waals surface area contributed by atoms with Crippen molar-refractivity contribution in [1.82, 2.24) is 9.78 Å². The molecular formula is C9H10N2O2. The SMILES string of the molecule is O=C1COc2cc(C3CC3)nn2C1. The summed E-state index contributed by atoms with van der Waals surface area (Å²) in [5.74, 6) is 1.47. The number of carbonyl (C=O) groups excluding carboxylic acids is 1. The van der Waals surface area contributed by atoms with Crippen LogP contribution in [-0.2, 0) is 11.3 Å². The lowest BCUT2D eigenvalue weighted by Gasteiger charge is -2.12. The van der Waals surface area contributed by atoms with E-state index in [2.05, 4.69) is 5.10 Å². The quantitative estimate of drug-likeness (QED) is 0.636. The molecule has 0 unspecified atom stereocenters. The van der Waals surface area contributed by atoms with E-state index in [0.29, 0.717) is 12.5 Å². The lowest BCUT2D eigenvalue weighted by Crippen LogP contribution is -2.25. The van der Waals surface area contributed by atoms with E-state index < -0.39 is 0 Å². The maximum atomic E-state index is 11.0. The number of rotatable bonds is 1. The minimum absolute atomic E-state index is 0.0953. The van der Waals surface area contributed by atoms with Crippen molar-refractivity contribution in [2.45, 2.75) is 25.3 Å². The normalized spacial score (nSPS) is 21.1. The Hall–Kier alpha value is -1.32. The second kappa shape index (κ2) is 2.34. The van der Waals surface area contributed by atoms with Gasteiger partial charge in [-0.15, -0.1) is 0 Å². The highest BCUT2D eigenvalue weighted by Crippen LogP contribution is 2.40. The number of nitrogens with zero attached hydrogens (tertiary/aromatic N) is 2. The Morgan fingerprint density at radius 2 is 2.38 bits per heavy atom. The van der Waals surface area contributed by atoms with Gasteiger partial charge in [0.1, 0.15) is 6.54 Å². The molecule has 4 nitrogen and oxygen atoms in total. The average Bonchev–Trinajstić information content (AvgIpc) is 2.87. The Bertz CT molecular complexity index is 366. The van der Waals surface area contributed by atoms with E-state index in [0.717, 1.165) is 11.6 Å². The van der Waals surface area contributed by atoms with Crippen LogP contribution in [0.4, 0.5) is 0 Å². The molecule has 0 amide bonds. The van der Waals surface area contributed by atoms with Crippen LogP contribution in [0.25, 0.3) is 0 Å². The Morgan fingerprint density at radius 1 is 1.54 bits per heavy atom. The van der Waals surface area contributed by atoms with Crippen LogP contribution in [0.2, 0.25) is 0 Å². The molecule has 1 aromatic rings. The summed E-state index contributed by atoms with van der Waals surface area (Å²) in [4.78, 5) is 11.0. The van der Waals surface area contributed by atoms with Crippen molar-refractivity contribution in [3.05, 3.63) is 11.8 Å². The molecule has 1 aliphatic carbocycles. The zero-order valence-electron chi connectivity index (χ0n) is 7.19. The van der Waals surface area contributed by atoms with Crippen molar-refractivity contribution in [1.29, 1.82) is 0 Å². The number of hydrogen-bond acceptors (Lipinski definition) is 3. The summed E-state index contributed by atoms with van der Waals surface area (Å²) in [5.41, 5.74) is 1.09. The molecule has 1 saturated carbocycles. The summed E-state index contributed by atoms with van der Waals surface area (Å²) in [6.07, 6.45) is 2.45. The molecule has 0 N–H and O–H groups in total. The summed E-state index contributed by atoms with van der Waals surface area (Å²) < 4.78 is 6.91. The van der Waals surface area contributed by atoms with Gasteiger partial charge in [0.25, 0.3) is 0 Å². The van der Waals surface area contributed by atoms with Crippen LogP contribution in [0.5, 0.6) is 5.88 Å². The maximum absolute atomic E-state index is 11.0. The largest absolute Gasteiger partial charge is 0.470 e. The predicted molar refractivity (Wildman–Crippen MR) is 44.7 cm³/mol. The molecular weight excluding hydrogens is 168 g/mol. The van der Waals surface area contributed by atoms with Crippen molar-refractivity contribution in [3.63, 3.8) is 0 Å². The van der Waals surface area contributed by atoms with Crippen LogP contribution in [-0.4, -0.2) is 22.2 Å². The Labute approximate surface area is 75.5 Å². The van der Waals surface area contributed by atoms with Crippen molar-refractivity contribution >= 4 is 5.78 Å². The maximum Gasteiger partial charge on any atom is 0.212 e. The van der Waals surface area contributed by atoms with Crippen molar-refractivity contribution in [3.8, 4) is 5.88 Å². The first-order chi connectivity index (χ1) is 6.33. The second-order valence-electron chi connectivity index (χ2n) is 3.67. The van der Waals surface area contributed by atoms with E-state index in [1.54, 1.807) is 4.68 Å². The van der Waals surface area contributed by atoms with E-state index in [4.69, 9.17) is 4.74 Å². The van der Waals surface area contributed by atoms with Crippen molar-refractivity contribution < 1.29 is 9.53 Å². The summed E-state index contributed by atoms with van der Waals surface area (Å²) in [7, 11) is 0. The molecule has 1 aromatic heterocycles. The highest BCUT2D eigenvalue weighted by Gasteiger charge is 2.29. The third-order valence-corrected chi connectivity index (χ3v) is 2.46. The first-order valence-electron chi connectivity index (χ1n) is 4.55. The van der Waals surface area contributed by atoms with Gasteiger partial charge in [-0.1, -0.05) is 0 Å². The highest BCUT2D eigenvalue weighted by atomic mass is 16.5. The van der Waals surface area contributed by atoms with Crippen LogP contribution in [0.1, 0.15) is 24.5 Å². The molecule has 13 heavy (non-hydrogen) atoms. The van der Waals surface area contributed by atoms with Gasteiger partial charge in [-0.2, -0.15) is 5.10 Å². The summed E-state index contributed by atoms with van der Waals surface area (Å²) in [6, 6.07) is 1.96. The molecule has 3 rings (SSSR count). The summed E-state index contributed by atoms with van der Waals surface area (Å²) in [6.45, 7) is 0.581. The third-order valence-electron chi connectivity index (χ3n) is 2.46. The molecule has 1 aliphatic heterocycles. The second-order valence-corrected chi connectivity index (χ2v) is 3.67. The van der Waals surface area contributed by atoms with Crippen LogP contribution in [0.15, 0.2) is 6.07 Å². The first-order valence-corrected chi connectivity index (χ1v) is 4.55. The average molecular weight is 178 g/mol. The fourth-order valence-corrected chi connectivity index (χ4v) is 1.59. The topological polar surface area (TPSA) is 44.1 Å². The molecule has 0 atom stereocenters. The lowest BCUT2D eigenvalue weighted by atomic mass is 10.3. The number of ketones is 1. The molecule has 0 saturated heterocycles. The van der Waals surface area contributed by atoms with Crippen molar-refractivity contribution in [2.75, 3.05) is 6.61 Å². The van der Waals surface area contributed by atoms with Crippen LogP contribution >= 0.6 is 0 Å². The van der Waals surface area contributed by atoms with Gasteiger partial charge in [0, 0.05) is 12.0 Å². The van der Waals surface area contributed by atoms with Crippen LogP contribution < -0.4 is 4.74 Å². The third kappa shape index (κ3) is 1.13. The van der Waals surface area contributed by atoms with E-state index in [-0.39, 0.29) is 12.4 Å². The minimum atomic E-state index is 0.0953. The number of hydrogen-bond donors (Lipinski definition) is 0. The summed E-state index contributed by atoms with van der Waals surface area (Å²) in [5, 5.41) is 4.33. The van der Waals surface area contributed by atoms with E-state index in [9.17, 15) is 4.79 Å². The summed E-state index contributed by atoms with van der Waals surface area (Å²) >= 11 is 0. The molecule has 1 fully saturated rings. The van der Waals surface area contributed by atoms with Gasteiger partial charge in [-0.25, -0.2) is 4.68 Å². The Balaban J connectivity index is 1.97. The smallest absolute Gasteiger partial charge is 0.212 e. The first kappa shape index (κ1) is 7.12. The van der Waals surface area contributed by atoms with Gasteiger partial charge in [-0.3, -0.25) is 4.79 Å². The highest BCUT2D eigenvalue weighted by molar-refractivity contribution is 5.80. The van der Waals surface area contributed by atoms with Gasteiger partial charge in [0.05, 0.1) is 5.69 Å². The zero-order chi connectivity index (χ0) is 8.84. The molecule has 2 aliphatic rings. The van der Waals surface area contributed by atoms with Crippen LogP contribution in [0, 0.1) is 0 Å². The monoisotopic (exact) mass is 178 g/mol. The van der Waals surface area contributed by atoms with E-state index >= 15 is 0 Å². The molecule has 0 bridgehead atoms. The molecule has 0 aromatic carbocycles. The standard InChI is InChI=1S/C9H10N2O2/c12-7-4-11-9(13-5-7)3-8(10-11)6-1-2-6/h3,6H,1-2,4-5H2. The molecule has 0 spiro atoms. The molecule has 4 heteroatoms. The van der Waals surface area contributed by atoms with Gasteiger partial charge in [0.15, 0.2) is 12.4 Å². The predicted octanol–water partition coefficient (Wildman–Crippen LogP) is 0.722. The number of Topliss-reactive ketones (excluding diaryl/α,β-unsaturated/α-hetero) is 1. The van der Waals surface area contributed by atoms with Gasteiger partial charge in [-0.05, 0) is 12.8 Å². The fourth-order valence-electron chi connectivity index (χ4n) is 1.59. The number of aromatic nitrogens is 2. The van der Waals surface area contributed by atoms with Gasteiger partial charge in [0.2, 0.25) is 5.88 Å². The molecule has 2 heterocycles. The van der Waals surface area contributed by atoms with Crippen LogP contribution in [0.3, 0.4) is 0 Å². The Kier molecular flexibility index (Phi) is 1.28.